The average Bonchev–Trinajstić information content (AvgIpc) is 3.14. The van der Waals surface area contributed by atoms with Gasteiger partial charge in [0.25, 0.3) is 0 Å². The molecule has 0 aliphatic heterocycles. The summed E-state index contributed by atoms with van der Waals surface area (Å²) in [6.45, 7) is 1.89. The Morgan fingerprint density at radius 1 is 0.966 bits per heavy atom. The zero-order valence-electron chi connectivity index (χ0n) is 17.5. The maximum atomic E-state index is 12.1. The maximum Gasteiger partial charge on any atom is 0.246 e. The quantitative estimate of drug-likeness (QED) is 0.570. The van der Waals surface area contributed by atoms with Crippen LogP contribution in [0.1, 0.15) is 12.5 Å². The van der Waals surface area contributed by atoms with E-state index in [9.17, 15) is 4.79 Å². The van der Waals surface area contributed by atoms with Gasteiger partial charge in [-0.05, 0) is 36.8 Å². The van der Waals surface area contributed by atoms with Gasteiger partial charge in [-0.2, -0.15) is 0 Å². The van der Waals surface area contributed by atoms with E-state index in [1.54, 1.807) is 47.8 Å². The Hall–Kier alpha value is -3.41. The van der Waals surface area contributed by atoms with E-state index in [0.717, 1.165) is 33.4 Å². The van der Waals surface area contributed by atoms with Crippen LogP contribution >= 0.6 is 0 Å². The molecule has 3 aromatic rings. The van der Waals surface area contributed by atoms with Crippen LogP contribution in [0, 0.1) is 0 Å². The molecule has 0 saturated heterocycles. The number of methoxy groups -OCH3 is 3. The topological polar surface area (TPSA) is 61.1 Å². The Morgan fingerprint density at radius 3 is 2.31 bits per heavy atom. The second kappa shape index (κ2) is 8.31. The van der Waals surface area contributed by atoms with Gasteiger partial charge in [-0.3, -0.25) is 4.79 Å². The summed E-state index contributed by atoms with van der Waals surface area (Å²) < 4.78 is 22.3. The minimum atomic E-state index is -0.0912. The molecule has 1 amide bonds. The molecule has 29 heavy (non-hydrogen) atoms. The molecule has 0 unspecified atom stereocenters. The number of amides is 1. The first-order chi connectivity index (χ1) is 13.9. The summed E-state index contributed by atoms with van der Waals surface area (Å²) in [5.41, 5.74) is 4.02. The molecule has 6 heteroatoms. The number of fused-ring (bicyclic) bond motifs is 1. The molecule has 0 fully saturated rings. The third kappa shape index (κ3) is 3.92. The van der Waals surface area contributed by atoms with Crippen molar-refractivity contribution in [3.63, 3.8) is 0 Å². The SMILES string of the molecule is COc1ccc(OC)c(-c2coc3cc(OC)c(/C(C)=C/C(=O)N(C)C)cc23)c1. The Morgan fingerprint density at radius 2 is 1.69 bits per heavy atom. The van der Waals surface area contributed by atoms with Crippen molar-refractivity contribution in [2.75, 3.05) is 35.4 Å². The van der Waals surface area contributed by atoms with E-state index in [-0.39, 0.29) is 5.91 Å². The lowest BCUT2D eigenvalue weighted by atomic mass is 9.98. The number of carbonyl (C=O) groups is 1. The molecule has 152 valence electrons. The number of likely N-dealkylation sites (N-methyl/N-ethyl adjacent to an activating group) is 1. The first-order valence-corrected chi connectivity index (χ1v) is 9.11. The highest BCUT2D eigenvalue weighted by Crippen LogP contribution is 2.41. The number of rotatable bonds is 6. The van der Waals surface area contributed by atoms with E-state index in [4.69, 9.17) is 18.6 Å². The van der Waals surface area contributed by atoms with E-state index >= 15 is 0 Å². The number of benzene rings is 2. The first kappa shape index (κ1) is 20.3. The van der Waals surface area contributed by atoms with E-state index < -0.39 is 0 Å². The molecule has 0 aliphatic rings. The molecule has 1 heterocycles. The van der Waals surface area contributed by atoms with Gasteiger partial charge in [0.15, 0.2) is 0 Å². The van der Waals surface area contributed by atoms with Crippen molar-refractivity contribution in [3.05, 3.63) is 48.2 Å². The van der Waals surface area contributed by atoms with Crippen LogP contribution in [0.3, 0.4) is 0 Å². The molecule has 0 spiro atoms. The second-order valence-corrected chi connectivity index (χ2v) is 6.82. The molecule has 6 nitrogen and oxygen atoms in total. The fraction of sp³-hybridized carbons (Fsp3) is 0.261. The van der Waals surface area contributed by atoms with Crippen molar-refractivity contribution in [2.45, 2.75) is 6.92 Å². The van der Waals surface area contributed by atoms with Crippen LogP contribution in [0.5, 0.6) is 17.2 Å². The van der Waals surface area contributed by atoms with Gasteiger partial charge in [0.2, 0.25) is 5.91 Å². The lowest BCUT2D eigenvalue weighted by Gasteiger charge is -2.12. The normalized spacial score (nSPS) is 11.4. The minimum Gasteiger partial charge on any atom is -0.497 e. The molecule has 0 atom stereocenters. The van der Waals surface area contributed by atoms with Gasteiger partial charge in [0, 0.05) is 48.3 Å². The fourth-order valence-electron chi connectivity index (χ4n) is 3.16. The maximum absolute atomic E-state index is 12.1. The van der Waals surface area contributed by atoms with Crippen molar-refractivity contribution in [1.29, 1.82) is 0 Å². The standard InChI is InChI=1S/C23H25NO5/c1-14(9-23(25)24(2)3)16-11-18-19(13-29-22(18)12-21(16)28-6)17-10-15(26-4)7-8-20(17)27-5/h7-13H,1-6H3/b14-9+. The predicted molar refractivity (Wildman–Crippen MR) is 114 cm³/mol. The molecule has 0 saturated carbocycles. The summed E-state index contributed by atoms with van der Waals surface area (Å²) in [6, 6.07) is 9.42. The third-order valence-corrected chi connectivity index (χ3v) is 4.80. The van der Waals surface area contributed by atoms with Crippen LogP contribution in [0.4, 0.5) is 0 Å². The molecule has 0 aliphatic carbocycles. The molecule has 1 aromatic heterocycles. The van der Waals surface area contributed by atoms with Gasteiger partial charge in [-0.1, -0.05) is 0 Å². The third-order valence-electron chi connectivity index (χ3n) is 4.80. The largest absolute Gasteiger partial charge is 0.497 e. The second-order valence-electron chi connectivity index (χ2n) is 6.82. The van der Waals surface area contributed by atoms with Gasteiger partial charge in [0.1, 0.15) is 22.8 Å². The number of carbonyl (C=O) groups excluding carboxylic acids is 1. The Balaban J connectivity index is 2.22. The van der Waals surface area contributed by atoms with Crippen molar-refractivity contribution in [1.82, 2.24) is 4.90 Å². The molecule has 0 radical (unpaired) electrons. The average molecular weight is 395 g/mol. The van der Waals surface area contributed by atoms with Crippen molar-refractivity contribution < 1.29 is 23.4 Å². The van der Waals surface area contributed by atoms with Crippen LogP contribution in [0.15, 0.2) is 47.1 Å². The van der Waals surface area contributed by atoms with Gasteiger partial charge in [-0.25, -0.2) is 0 Å². The molecule has 3 rings (SSSR count). The van der Waals surface area contributed by atoms with E-state index in [1.165, 1.54) is 4.90 Å². The van der Waals surface area contributed by atoms with Crippen LogP contribution < -0.4 is 14.2 Å². The number of hydrogen-bond acceptors (Lipinski definition) is 5. The van der Waals surface area contributed by atoms with Crippen LogP contribution in [-0.2, 0) is 4.79 Å². The minimum absolute atomic E-state index is 0.0912. The van der Waals surface area contributed by atoms with E-state index in [0.29, 0.717) is 17.1 Å². The highest BCUT2D eigenvalue weighted by atomic mass is 16.5. The van der Waals surface area contributed by atoms with Gasteiger partial charge in [-0.15, -0.1) is 0 Å². The molecule has 0 bridgehead atoms. The summed E-state index contributed by atoms with van der Waals surface area (Å²) >= 11 is 0. The molecular weight excluding hydrogens is 370 g/mol. The van der Waals surface area contributed by atoms with Crippen LogP contribution in [0.2, 0.25) is 0 Å². The van der Waals surface area contributed by atoms with Gasteiger partial charge < -0.3 is 23.5 Å². The number of nitrogens with zero attached hydrogens (tertiary/aromatic N) is 1. The lowest BCUT2D eigenvalue weighted by molar-refractivity contribution is -0.123. The number of furan rings is 1. The summed E-state index contributed by atoms with van der Waals surface area (Å²) in [5.74, 6) is 1.97. The Labute approximate surface area is 170 Å². The summed E-state index contributed by atoms with van der Waals surface area (Å²) in [4.78, 5) is 13.7. The zero-order valence-corrected chi connectivity index (χ0v) is 17.5. The zero-order chi connectivity index (χ0) is 21.1. The predicted octanol–water partition coefficient (Wildman–Crippen LogP) is 4.62. The Kier molecular flexibility index (Phi) is 5.82. The molecular formula is C23H25NO5. The molecule has 0 N–H and O–H groups in total. The molecule has 2 aromatic carbocycles. The Bertz CT molecular complexity index is 1080. The van der Waals surface area contributed by atoms with E-state index in [2.05, 4.69) is 0 Å². The highest BCUT2D eigenvalue weighted by molar-refractivity contribution is 6.01. The lowest BCUT2D eigenvalue weighted by Crippen LogP contribution is -2.19. The fourth-order valence-corrected chi connectivity index (χ4v) is 3.16. The monoisotopic (exact) mass is 395 g/mol. The van der Waals surface area contributed by atoms with Crippen LogP contribution in [0.25, 0.3) is 27.7 Å². The highest BCUT2D eigenvalue weighted by Gasteiger charge is 2.18. The van der Waals surface area contributed by atoms with Crippen molar-refractivity contribution >= 4 is 22.4 Å². The van der Waals surface area contributed by atoms with Gasteiger partial charge in [0.05, 0.1) is 27.6 Å². The van der Waals surface area contributed by atoms with Gasteiger partial charge >= 0.3 is 0 Å². The van der Waals surface area contributed by atoms with Crippen molar-refractivity contribution in [2.24, 2.45) is 0 Å². The first-order valence-electron chi connectivity index (χ1n) is 9.11. The number of allylic oxidation sites excluding steroid dienone is 1. The smallest absolute Gasteiger partial charge is 0.246 e. The number of hydrogen-bond donors (Lipinski definition) is 0. The number of ether oxygens (including phenoxy) is 3. The summed E-state index contributed by atoms with van der Waals surface area (Å²) in [5, 5.41) is 0.886. The van der Waals surface area contributed by atoms with Crippen molar-refractivity contribution in [3.8, 4) is 28.4 Å². The summed E-state index contributed by atoms with van der Waals surface area (Å²) in [6.07, 6.45) is 3.28. The van der Waals surface area contributed by atoms with Crippen LogP contribution in [-0.4, -0.2) is 46.2 Å². The van der Waals surface area contributed by atoms with E-state index in [1.807, 2.05) is 37.3 Å². The summed E-state index contributed by atoms with van der Waals surface area (Å²) in [7, 11) is 8.28.